The van der Waals surface area contributed by atoms with Crippen LogP contribution in [0.25, 0.3) is 0 Å². The number of aliphatic hydroxyl groups is 1. The molecule has 0 aliphatic rings. The van der Waals surface area contributed by atoms with E-state index >= 15 is 0 Å². The predicted octanol–water partition coefficient (Wildman–Crippen LogP) is 4.92. The molecule has 1 nitrogen and oxygen atoms in total. The SMILES string of the molecule is OC(Cc1ccc(Cl)cc1Cl)c1ccccc1Cl. The van der Waals surface area contributed by atoms with Gasteiger partial charge in [0.25, 0.3) is 0 Å². The maximum atomic E-state index is 10.2. The first-order valence-corrected chi connectivity index (χ1v) is 6.57. The van der Waals surface area contributed by atoms with Crippen molar-refractivity contribution in [3.8, 4) is 0 Å². The van der Waals surface area contributed by atoms with Gasteiger partial charge in [-0.15, -0.1) is 0 Å². The van der Waals surface area contributed by atoms with Gasteiger partial charge in [0, 0.05) is 21.5 Å². The normalized spacial score (nSPS) is 12.4. The molecular weight excluding hydrogens is 291 g/mol. The zero-order valence-electron chi connectivity index (χ0n) is 9.41. The standard InChI is InChI=1S/C14H11Cl3O/c15-10-6-5-9(13(17)8-10)7-14(18)11-3-1-2-4-12(11)16/h1-6,8,14,18H,7H2. The van der Waals surface area contributed by atoms with E-state index in [4.69, 9.17) is 34.8 Å². The molecule has 0 fully saturated rings. The Kier molecular flexibility index (Phi) is 4.52. The van der Waals surface area contributed by atoms with Crippen molar-refractivity contribution in [3.05, 3.63) is 68.7 Å². The van der Waals surface area contributed by atoms with E-state index in [1.54, 1.807) is 24.3 Å². The molecule has 0 amide bonds. The third-order valence-electron chi connectivity index (χ3n) is 2.69. The van der Waals surface area contributed by atoms with Crippen LogP contribution in [0, 0.1) is 0 Å². The van der Waals surface area contributed by atoms with E-state index in [1.807, 2.05) is 18.2 Å². The van der Waals surface area contributed by atoms with E-state index in [2.05, 4.69) is 0 Å². The van der Waals surface area contributed by atoms with Crippen LogP contribution in [0.5, 0.6) is 0 Å². The lowest BCUT2D eigenvalue weighted by molar-refractivity contribution is 0.178. The molecule has 0 saturated carbocycles. The molecule has 0 bridgehead atoms. The molecule has 94 valence electrons. The number of rotatable bonds is 3. The van der Waals surface area contributed by atoms with Gasteiger partial charge in [-0.25, -0.2) is 0 Å². The minimum Gasteiger partial charge on any atom is -0.388 e. The fourth-order valence-corrected chi connectivity index (χ4v) is 2.50. The Bertz CT molecular complexity index is 554. The number of hydrogen-bond donors (Lipinski definition) is 1. The molecule has 2 aromatic carbocycles. The quantitative estimate of drug-likeness (QED) is 0.853. The van der Waals surface area contributed by atoms with Gasteiger partial charge in [-0.1, -0.05) is 59.1 Å². The Labute approximate surface area is 121 Å². The molecule has 4 heteroatoms. The van der Waals surface area contributed by atoms with Crippen LogP contribution in [-0.2, 0) is 6.42 Å². The van der Waals surface area contributed by atoms with Crippen LogP contribution in [0.1, 0.15) is 17.2 Å². The Hall–Kier alpha value is -0.730. The van der Waals surface area contributed by atoms with Crippen molar-refractivity contribution < 1.29 is 5.11 Å². The summed E-state index contributed by atoms with van der Waals surface area (Å²) in [6.45, 7) is 0. The Balaban J connectivity index is 2.21. The highest BCUT2D eigenvalue weighted by Crippen LogP contribution is 2.29. The third-order valence-corrected chi connectivity index (χ3v) is 3.62. The van der Waals surface area contributed by atoms with E-state index in [0.717, 1.165) is 5.56 Å². The molecule has 0 aliphatic heterocycles. The van der Waals surface area contributed by atoms with Crippen molar-refractivity contribution in [1.29, 1.82) is 0 Å². The van der Waals surface area contributed by atoms with Crippen LogP contribution in [-0.4, -0.2) is 5.11 Å². The molecule has 2 rings (SSSR count). The third kappa shape index (κ3) is 3.18. The molecule has 18 heavy (non-hydrogen) atoms. The Morgan fingerprint density at radius 3 is 2.33 bits per heavy atom. The molecule has 1 atom stereocenters. The first-order valence-electron chi connectivity index (χ1n) is 5.44. The summed E-state index contributed by atoms with van der Waals surface area (Å²) in [5.41, 5.74) is 1.54. The van der Waals surface area contributed by atoms with Crippen LogP contribution in [0.3, 0.4) is 0 Å². The van der Waals surface area contributed by atoms with Gasteiger partial charge in [-0.3, -0.25) is 0 Å². The van der Waals surface area contributed by atoms with Gasteiger partial charge in [-0.2, -0.15) is 0 Å². The van der Waals surface area contributed by atoms with E-state index in [0.29, 0.717) is 27.1 Å². The van der Waals surface area contributed by atoms with Gasteiger partial charge in [0.1, 0.15) is 0 Å². The fourth-order valence-electron chi connectivity index (χ4n) is 1.75. The number of halogens is 3. The summed E-state index contributed by atoms with van der Waals surface area (Å²) in [7, 11) is 0. The average Bonchev–Trinajstić information content (AvgIpc) is 2.33. The summed E-state index contributed by atoms with van der Waals surface area (Å²) in [6.07, 6.45) is -0.280. The second-order valence-corrected chi connectivity index (χ2v) is 5.23. The number of aliphatic hydroxyl groups excluding tert-OH is 1. The highest BCUT2D eigenvalue weighted by molar-refractivity contribution is 6.35. The monoisotopic (exact) mass is 300 g/mol. The Morgan fingerprint density at radius 1 is 0.944 bits per heavy atom. The van der Waals surface area contributed by atoms with Crippen LogP contribution in [0.2, 0.25) is 15.1 Å². The van der Waals surface area contributed by atoms with Gasteiger partial charge in [0.15, 0.2) is 0 Å². The maximum Gasteiger partial charge on any atom is 0.0845 e. The van der Waals surface area contributed by atoms with Gasteiger partial charge in [0.05, 0.1) is 6.10 Å². The smallest absolute Gasteiger partial charge is 0.0845 e. The summed E-state index contributed by atoms with van der Waals surface area (Å²) in [6, 6.07) is 12.5. The largest absolute Gasteiger partial charge is 0.388 e. The molecule has 0 spiro atoms. The summed E-state index contributed by atoms with van der Waals surface area (Å²) in [5.74, 6) is 0. The summed E-state index contributed by atoms with van der Waals surface area (Å²) >= 11 is 17.9. The highest BCUT2D eigenvalue weighted by Gasteiger charge is 2.13. The van der Waals surface area contributed by atoms with Gasteiger partial charge in [0.2, 0.25) is 0 Å². The van der Waals surface area contributed by atoms with Crippen LogP contribution in [0.4, 0.5) is 0 Å². The maximum absolute atomic E-state index is 10.2. The van der Waals surface area contributed by atoms with Gasteiger partial charge in [-0.05, 0) is 29.3 Å². The van der Waals surface area contributed by atoms with Crippen molar-refractivity contribution in [1.82, 2.24) is 0 Å². The lowest BCUT2D eigenvalue weighted by Crippen LogP contribution is -2.03. The van der Waals surface area contributed by atoms with Crippen molar-refractivity contribution in [3.63, 3.8) is 0 Å². The van der Waals surface area contributed by atoms with Crippen molar-refractivity contribution in [2.24, 2.45) is 0 Å². The van der Waals surface area contributed by atoms with E-state index in [-0.39, 0.29) is 0 Å². The molecule has 0 saturated heterocycles. The first kappa shape index (κ1) is 13.7. The van der Waals surface area contributed by atoms with Crippen molar-refractivity contribution >= 4 is 34.8 Å². The zero-order chi connectivity index (χ0) is 13.1. The average molecular weight is 302 g/mol. The molecule has 1 unspecified atom stereocenters. The molecule has 1 N–H and O–H groups in total. The number of benzene rings is 2. The summed E-state index contributed by atoms with van der Waals surface area (Å²) < 4.78 is 0. The minimum atomic E-state index is -0.683. The second kappa shape index (κ2) is 5.94. The van der Waals surface area contributed by atoms with Gasteiger partial charge >= 0.3 is 0 Å². The Morgan fingerprint density at radius 2 is 1.67 bits per heavy atom. The second-order valence-electron chi connectivity index (χ2n) is 3.98. The molecule has 0 aromatic heterocycles. The fraction of sp³-hybridized carbons (Fsp3) is 0.143. The topological polar surface area (TPSA) is 20.2 Å². The first-order chi connectivity index (χ1) is 8.58. The van der Waals surface area contributed by atoms with E-state index < -0.39 is 6.10 Å². The zero-order valence-corrected chi connectivity index (χ0v) is 11.7. The molecule has 0 aliphatic carbocycles. The van der Waals surface area contributed by atoms with E-state index in [1.165, 1.54) is 0 Å². The van der Waals surface area contributed by atoms with Gasteiger partial charge < -0.3 is 5.11 Å². The summed E-state index contributed by atoms with van der Waals surface area (Å²) in [4.78, 5) is 0. The van der Waals surface area contributed by atoms with Crippen molar-refractivity contribution in [2.45, 2.75) is 12.5 Å². The highest BCUT2D eigenvalue weighted by atomic mass is 35.5. The number of hydrogen-bond acceptors (Lipinski definition) is 1. The summed E-state index contributed by atoms with van der Waals surface area (Å²) in [5, 5.41) is 11.9. The molecule has 0 heterocycles. The lowest BCUT2D eigenvalue weighted by Gasteiger charge is -2.13. The lowest BCUT2D eigenvalue weighted by atomic mass is 10.0. The van der Waals surface area contributed by atoms with E-state index in [9.17, 15) is 5.11 Å². The minimum absolute atomic E-state index is 0.403. The van der Waals surface area contributed by atoms with Crippen molar-refractivity contribution in [2.75, 3.05) is 0 Å². The predicted molar refractivity (Wildman–Crippen MR) is 76.6 cm³/mol. The van der Waals surface area contributed by atoms with Crippen LogP contribution in [0.15, 0.2) is 42.5 Å². The molecule has 2 aromatic rings. The molecule has 0 radical (unpaired) electrons. The van der Waals surface area contributed by atoms with Crippen LogP contribution < -0.4 is 0 Å². The molecular formula is C14H11Cl3O. The van der Waals surface area contributed by atoms with Crippen LogP contribution >= 0.6 is 34.8 Å².